The summed E-state index contributed by atoms with van der Waals surface area (Å²) in [5.74, 6) is 0.655. The average Bonchev–Trinajstić information content (AvgIpc) is 3.29. The van der Waals surface area contributed by atoms with Gasteiger partial charge in [-0.3, -0.25) is 9.69 Å². The largest absolute Gasteiger partial charge is 0.459 e. The Hall–Kier alpha value is -1.70. The van der Waals surface area contributed by atoms with Crippen molar-refractivity contribution in [1.29, 1.82) is 0 Å². The van der Waals surface area contributed by atoms with E-state index in [1.165, 1.54) is 6.26 Å². The quantitative estimate of drug-likeness (QED) is 0.900. The Morgan fingerprint density at radius 1 is 1.57 bits per heavy atom. The minimum absolute atomic E-state index is 0.000484. The zero-order valence-electron chi connectivity index (χ0n) is 12.7. The molecule has 2 aromatic rings. The van der Waals surface area contributed by atoms with Gasteiger partial charge >= 0.3 is 0 Å². The second kappa shape index (κ2) is 6.07. The lowest BCUT2D eigenvalue weighted by atomic mass is 9.81. The smallest absolute Gasteiger partial charge is 0.286 e. The summed E-state index contributed by atoms with van der Waals surface area (Å²) in [5, 5.41) is 6.16. The number of ether oxygens (including phenoxy) is 1. The van der Waals surface area contributed by atoms with Crippen molar-refractivity contribution in [2.24, 2.45) is 11.3 Å². The number of furan rings is 1. The molecule has 0 bridgehead atoms. The molecule has 2 aliphatic rings. The number of thiazole rings is 1. The molecule has 0 aromatic carbocycles. The maximum absolute atomic E-state index is 12.1. The number of amides is 1. The molecule has 0 unspecified atom stereocenters. The molecule has 0 aliphatic carbocycles. The second-order valence-corrected chi connectivity index (χ2v) is 7.31. The summed E-state index contributed by atoms with van der Waals surface area (Å²) in [6, 6.07) is 3.40. The predicted molar refractivity (Wildman–Crippen MR) is 85.2 cm³/mol. The molecule has 6 nitrogen and oxygen atoms in total. The Balaban J connectivity index is 1.40. The number of hydrogen-bond donors (Lipinski definition) is 1. The molecular formula is C16H19N3O3S. The minimum Gasteiger partial charge on any atom is -0.459 e. The van der Waals surface area contributed by atoms with Crippen LogP contribution in [0.2, 0.25) is 0 Å². The number of hydrogen-bond acceptors (Lipinski definition) is 6. The number of fused-ring (bicyclic) bond motifs is 1. The summed E-state index contributed by atoms with van der Waals surface area (Å²) in [6.45, 7) is 4.88. The molecule has 0 radical (unpaired) electrons. The number of likely N-dealkylation sites (tertiary alicyclic amines) is 1. The topological polar surface area (TPSA) is 67.6 Å². The van der Waals surface area contributed by atoms with Gasteiger partial charge in [0, 0.05) is 42.5 Å². The molecule has 2 aromatic heterocycles. The molecule has 23 heavy (non-hydrogen) atoms. The number of nitrogens with one attached hydrogen (secondary N) is 1. The lowest BCUT2D eigenvalue weighted by Crippen LogP contribution is -2.43. The first-order valence-corrected chi connectivity index (χ1v) is 8.63. The van der Waals surface area contributed by atoms with Gasteiger partial charge in [0.1, 0.15) is 5.01 Å². The van der Waals surface area contributed by atoms with Crippen molar-refractivity contribution in [2.75, 3.05) is 32.8 Å². The maximum Gasteiger partial charge on any atom is 0.286 e. The van der Waals surface area contributed by atoms with E-state index < -0.39 is 0 Å². The zero-order chi connectivity index (χ0) is 15.7. The van der Waals surface area contributed by atoms with Gasteiger partial charge in [0.25, 0.3) is 5.91 Å². The Morgan fingerprint density at radius 3 is 3.30 bits per heavy atom. The fourth-order valence-electron chi connectivity index (χ4n) is 3.59. The normalized spacial score (nSPS) is 27.2. The van der Waals surface area contributed by atoms with Crippen LogP contribution in [0.4, 0.5) is 0 Å². The standard InChI is InChI=1S/C16H19N3O3S/c20-15(13-2-1-4-22-13)18-9-16-10-19(6-12(16)8-21-11-16)7-14-17-3-5-23-14/h1-5,12H,6-11H2,(H,18,20)/t12-,16+/m0/s1. The molecule has 2 fully saturated rings. The van der Waals surface area contributed by atoms with E-state index in [-0.39, 0.29) is 11.3 Å². The van der Waals surface area contributed by atoms with Gasteiger partial charge < -0.3 is 14.5 Å². The van der Waals surface area contributed by atoms with Crippen molar-refractivity contribution >= 4 is 17.2 Å². The van der Waals surface area contributed by atoms with Crippen molar-refractivity contribution in [2.45, 2.75) is 6.54 Å². The molecule has 0 saturated carbocycles. The van der Waals surface area contributed by atoms with Gasteiger partial charge in [0.2, 0.25) is 0 Å². The van der Waals surface area contributed by atoms with Gasteiger partial charge in [-0.2, -0.15) is 0 Å². The van der Waals surface area contributed by atoms with Crippen molar-refractivity contribution in [1.82, 2.24) is 15.2 Å². The lowest BCUT2D eigenvalue weighted by Gasteiger charge is -2.27. The molecule has 4 rings (SSSR count). The van der Waals surface area contributed by atoms with Crippen molar-refractivity contribution in [3.63, 3.8) is 0 Å². The highest BCUT2D eigenvalue weighted by molar-refractivity contribution is 7.09. The van der Waals surface area contributed by atoms with E-state index in [0.29, 0.717) is 24.8 Å². The molecule has 7 heteroatoms. The van der Waals surface area contributed by atoms with Crippen LogP contribution in [-0.4, -0.2) is 48.6 Å². The molecule has 0 spiro atoms. The number of rotatable bonds is 5. The highest BCUT2D eigenvalue weighted by Gasteiger charge is 2.50. The fourth-order valence-corrected chi connectivity index (χ4v) is 4.24. The monoisotopic (exact) mass is 333 g/mol. The van der Waals surface area contributed by atoms with E-state index in [4.69, 9.17) is 9.15 Å². The van der Waals surface area contributed by atoms with Gasteiger partial charge in [-0.1, -0.05) is 0 Å². The summed E-state index contributed by atoms with van der Waals surface area (Å²) in [6.07, 6.45) is 3.36. The highest BCUT2D eigenvalue weighted by Crippen LogP contribution is 2.41. The van der Waals surface area contributed by atoms with Crippen LogP contribution in [0.15, 0.2) is 34.4 Å². The molecule has 2 atom stereocenters. The number of nitrogens with zero attached hydrogens (tertiary/aromatic N) is 2. The van der Waals surface area contributed by atoms with Gasteiger partial charge in [-0.05, 0) is 12.1 Å². The van der Waals surface area contributed by atoms with Crippen LogP contribution in [0, 0.1) is 11.3 Å². The van der Waals surface area contributed by atoms with Crippen LogP contribution in [-0.2, 0) is 11.3 Å². The first kappa shape index (κ1) is 14.9. The van der Waals surface area contributed by atoms with Gasteiger partial charge in [0.15, 0.2) is 5.76 Å². The summed E-state index contributed by atoms with van der Waals surface area (Å²) < 4.78 is 10.9. The SMILES string of the molecule is O=C(NC[C@@]12COC[C@@H]1CN(Cc1nccs1)C2)c1ccco1. The van der Waals surface area contributed by atoms with Crippen molar-refractivity contribution in [3.05, 3.63) is 40.7 Å². The average molecular weight is 333 g/mol. The molecule has 2 aliphatic heterocycles. The predicted octanol–water partition coefficient (Wildman–Crippen LogP) is 1.61. The first-order valence-electron chi connectivity index (χ1n) is 7.75. The van der Waals surface area contributed by atoms with E-state index in [9.17, 15) is 4.79 Å². The molecule has 122 valence electrons. The summed E-state index contributed by atoms with van der Waals surface area (Å²) in [5.41, 5.74) is -0.000484. The van der Waals surface area contributed by atoms with Gasteiger partial charge in [-0.15, -0.1) is 11.3 Å². The maximum atomic E-state index is 12.1. The minimum atomic E-state index is -0.159. The fraction of sp³-hybridized carbons (Fsp3) is 0.500. The van der Waals surface area contributed by atoms with Crippen LogP contribution >= 0.6 is 11.3 Å². The molecule has 2 saturated heterocycles. The van der Waals surface area contributed by atoms with E-state index in [1.54, 1.807) is 23.5 Å². The van der Waals surface area contributed by atoms with Gasteiger partial charge in [0.05, 0.1) is 26.0 Å². The Morgan fingerprint density at radius 2 is 2.52 bits per heavy atom. The molecule has 1 N–H and O–H groups in total. The van der Waals surface area contributed by atoms with Crippen LogP contribution in [0.1, 0.15) is 15.6 Å². The highest BCUT2D eigenvalue weighted by atomic mass is 32.1. The van der Waals surface area contributed by atoms with Crippen LogP contribution in [0.5, 0.6) is 0 Å². The number of carbonyl (C=O) groups excluding carboxylic acids is 1. The summed E-state index contributed by atoms with van der Waals surface area (Å²) >= 11 is 1.69. The zero-order valence-corrected chi connectivity index (χ0v) is 13.6. The lowest BCUT2D eigenvalue weighted by molar-refractivity contribution is 0.0878. The van der Waals surface area contributed by atoms with E-state index >= 15 is 0 Å². The summed E-state index contributed by atoms with van der Waals surface area (Å²) in [4.78, 5) is 18.9. The third-order valence-electron chi connectivity index (χ3n) is 4.78. The van der Waals surface area contributed by atoms with Gasteiger partial charge in [-0.25, -0.2) is 4.98 Å². The van der Waals surface area contributed by atoms with E-state index in [0.717, 1.165) is 31.2 Å². The van der Waals surface area contributed by atoms with E-state index in [1.807, 2.05) is 11.6 Å². The van der Waals surface area contributed by atoms with Crippen LogP contribution < -0.4 is 5.32 Å². The molecule has 1 amide bonds. The third-order valence-corrected chi connectivity index (χ3v) is 5.54. The number of carbonyl (C=O) groups is 1. The Bertz CT molecular complexity index is 658. The number of aromatic nitrogens is 1. The Labute approximate surface area is 138 Å². The molecule has 4 heterocycles. The Kier molecular flexibility index (Phi) is 3.92. The first-order chi connectivity index (χ1) is 11.3. The van der Waals surface area contributed by atoms with E-state index in [2.05, 4.69) is 15.2 Å². The molecular weight excluding hydrogens is 314 g/mol. The second-order valence-electron chi connectivity index (χ2n) is 6.33. The van der Waals surface area contributed by atoms with Crippen molar-refractivity contribution < 1.29 is 13.9 Å². The van der Waals surface area contributed by atoms with Crippen LogP contribution in [0.25, 0.3) is 0 Å². The van der Waals surface area contributed by atoms with Crippen molar-refractivity contribution in [3.8, 4) is 0 Å². The summed E-state index contributed by atoms with van der Waals surface area (Å²) in [7, 11) is 0. The third kappa shape index (κ3) is 2.91. The van der Waals surface area contributed by atoms with Crippen LogP contribution in [0.3, 0.4) is 0 Å².